The molecule has 0 aliphatic rings. The van der Waals surface area contributed by atoms with Gasteiger partial charge in [0.25, 0.3) is 0 Å². The fourth-order valence-electron chi connectivity index (χ4n) is 2.41. The number of anilines is 1. The summed E-state index contributed by atoms with van der Waals surface area (Å²) in [5.41, 5.74) is 11.9. The van der Waals surface area contributed by atoms with Crippen LogP contribution < -0.4 is 5.73 Å². The average molecular weight is 291 g/mol. The third-order valence-electron chi connectivity index (χ3n) is 3.55. The van der Waals surface area contributed by atoms with Crippen molar-refractivity contribution < 1.29 is 5.11 Å². The second-order valence-corrected chi connectivity index (χ2v) is 5.15. The van der Waals surface area contributed by atoms with Crippen LogP contribution in [-0.2, 0) is 6.61 Å². The van der Waals surface area contributed by atoms with E-state index in [0.717, 1.165) is 28.1 Å². The molecule has 2 heterocycles. The Morgan fingerprint density at radius 1 is 1.00 bits per heavy atom. The van der Waals surface area contributed by atoms with E-state index < -0.39 is 0 Å². The molecule has 0 atom stereocenters. The number of nitrogens with two attached hydrogens (primary N) is 1. The van der Waals surface area contributed by atoms with Gasteiger partial charge in [-0.15, -0.1) is 0 Å². The Kier molecular flexibility index (Phi) is 3.85. The van der Waals surface area contributed by atoms with Crippen LogP contribution in [0.15, 0.2) is 54.7 Å². The lowest BCUT2D eigenvalue weighted by Gasteiger charge is -2.11. The third kappa shape index (κ3) is 2.69. The first kappa shape index (κ1) is 14.2. The standard InChI is InChI=1S/C18H17N3O/c1-12-9-16(19)18(13-5-3-2-4-6-13)21-17(12)14-7-8-15(11-22)20-10-14/h2-10,22H,11,19H2,1H3. The van der Waals surface area contributed by atoms with E-state index in [1.165, 1.54) is 0 Å². The van der Waals surface area contributed by atoms with Crippen molar-refractivity contribution in [3.8, 4) is 22.5 Å². The molecule has 0 aliphatic heterocycles. The molecule has 3 N–H and O–H groups in total. The van der Waals surface area contributed by atoms with Crippen LogP contribution in [0.3, 0.4) is 0 Å². The predicted octanol–water partition coefficient (Wildman–Crippen LogP) is 3.19. The molecule has 0 saturated heterocycles. The fraction of sp³-hybridized carbons (Fsp3) is 0.111. The molecule has 0 spiro atoms. The van der Waals surface area contributed by atoms with Crippen molar-refractivity contribution in [2.45, 2.75) is 13.5 Å². The predicted molar refractivity (Wildman–Crippen MR) is 88.0 cm³/mol. The number of rotatable bonds is 3. The zero-order chi connectivity index (χ0) is 15.5. The van der Waals surface area contributed by atoms with Crippen molar-refractivity contribution in [3.05, 3.63) is 66.0 Å². The van der Waals surface area contributed by atoms with Crippen molar-refractivity contribution in [2.75, 3.05) is 5.73 Å². The second-order valence-electron chi connectivity index (χ2n) is 5.15. The van der Waals surface area contributed by atoms with E-state index in [-0.39, 0.29) is 6.61 Å². The van der Waals surface area contributed by atoms with E-state index in [2.05, 4.69) is 4.98 Å². The summed E-state index contributed by atoms with van der Waals surface area (Å²) in [4.78, 5) is 8.96. The lowest BCUT2D eigenvalue weighted by Crippen LogP contribution is -1.99. The van der Waals surface area contributed by atoms with Gasteiger partial charge in [-0.1, -0.05) is 30.3 Å². The average Bonchev–Trinajstić information content (AvgIpc) is 2.56. The normalized spacial score (nSPS) is 10.6. The number of pyridine rings is 2. The second kappa shape index (κ2) is 5.95. The van der Waals surface area contributed by atoms with Crippen LogP contribution in [0.25, 0.3) is 22.5 Å². The minimum atomic E-state index is -0.0658. The van der Waals surface area contributed by atoms with Gasteiger partial charge in [0.15, 0.2) is 0 Å². The molecule has 0 aliphatic carbocycles. The molecule has 0 unspecified atom stereocenters. The number of aliphatic hydroxyl groups is 1. The van der Waals surface area contributed by atoms with Gasteiger partial charge in [-0.25, -0.2) is 4.98 Å². The Balaban J connectivity index is 2.11. The number of aryl methyl sites for hydroxylation is 1. The third-order valence-corrected chi connectivity index (χ3v) is 3.55. The molecule has 0 amide bonds. The van der Waals surface area contributed by atoms with Gasteiger partial charge in [0, 0.05) is 17.3 Å². The van der Waals surface area contributed by atoms with E-state index in [1.807, 2.05) is 49.4 Å². The Labute approximate surface area is 129 Å². The number of hydrogen-bond donors (Lipinski definition) is 2. The molecular formula is C18H17N3O. The van der Waals surface area contributed by atoms with Gasteiger partial charge >= 0.3 is 0 Å². The lowest BCUT2D eigenvalue weighted by atomic mass is 10.0. The van der Waals surface area contributed by atoms with Crippen LogP contribution >= 0.6 is 0 Å². The van der Waals surface area contributed by atoms with E-state index >= 15 is 0 Å². The van der Waals surface area contributed by atoms with Crippen molar-refractivity contribution in [1.82, 2.24) is 9.97 Å². The maximum Gasteiger partial charge on any atom is 0.0938 e. The minimum Gasteiger partial charge on any atom is -0.397 e. The molecule has 2 aromatic heterocycles. The number of benzene rings is 1. The van der Waals surface area contributed by atoms with Crippen LogP contribution in [-0.4, -0.2) is 15.1 Å². The Hall–Kier alpha value is -2.72. The SMILES string of the molecule is Cc1cc(N)c(-c2ccccc2)nc1-c1ccc(CO)nc1. The summed E-state index contributed by atoms with van der Waals surface area (Å²) in [7, 11) is 0. The topological polar surface area (TPSA) is 72.0 Å². The van der Waals surface area contributed by atoms with E-state index in [0.29, 0.717) is 11.4 Å². The molecule has 0 saturated carbocycles. The monoisotopic (exact) mass is 291 g/mol. The molecule has 0 radical (unpaired) electrons. The maximum absolute atomic E-state index is 9.09. The zero-order valence-electron chi connectivity index (χ0n) is 12.3. The first-order valence-electron chi connectivity index (χ1n) is 7.07. The minimum absolute atomic E-state index is 0.0658. The largest absolute Gasteiger partial charge is 0.397 e. The van der Waals surface area contributed by atoms with Crippen LogP contribution in [0, 0.1) is 6.92 Å². The first-order chi connectivity index (χ1) is 10.7. The smallest absolute Gasteiger partial charge is 0.0938 e. The first-order valence-corrected chi connectivity index (χ1v) is 7.07. The molecule has 1 aromatic carbocycles. The van der Waals surface area contributed by atoms with Gasteiger partial charge < -0.3 is 10.8 Å². The van der Waals surface area contributed by atoms with Gasteiger partial charge in [-0.05, 0) is 30.7 Å². The number of nitrogens with zero attached hydrogens (tertiary/aromatic N) is 2. The van der Waals surface area contributed by atoms with Gasteiger partial charge in [0.1, 0.15) is 0 Å². The quantitative estimate of drug-likeness (QED) is 0.777. The van der Waals surface area contributed by atoms with Crippen LogP contribution in [0.2, 0.25) is 0 Å². The molecule has 0 bridgehead atoms. The summed E-state index contributed by atoms with van der Waals surface area (Å²) in [6, 6.07) is 15.5. The highest BCUT2D eigenvalue weighted by Crippen LogP contribution is 2.30. The number of nitrogen functional groups attached to an aromatic ring is 1. The van der Waals surface area contributed by atoms with Crippen molar-refractivity contribution in [3.63, 3.8) is 0 Å². The zero-order valence-corrected chi connectivity index (χ0v) is 12.3. The molecule has 110 valence electrons. The van der Waals surface area contributed by atoms with E-state index in [4.69, 9.17) is 15.8 Å². The van der Waals surface area contributed by atoms with Crippen LogP contribution in [0.1, 0.15) is 11.3 Å². The van der Waals surface area contributed by atoms with Crippen molar-refractivity contribution in [1.29, 1.82) is 0 Å². The highest BCUT2D eigenvalue weighted by Gasteiger charge is 2.11. The number of aromatic nitrogens is 2. The van der Waals surface area contributed by atoms with Crippen molar-refractivity contribution >= 4 is 5.69 Å². The molecule has 4 nitrogen and oxygen atoms in total. The summed E-state index contributed by atoms with van der Waals surface area (Å²) in [6.07, 6.45) is 1.73. The maximum atomic E-state index is 9.09. The van der Waals surface area contributed by atoms with Gasteiger partial charge in [0.2, 0.25) is 0 Å². The van der Waals surface area contributed by atoms with Crippen LogP contribution in [0.4, 0.5) is 5.69 Å². The van der Waals surface area contributed by atoms with Gasteiger partial charge in [-0.2, -0.15) is 0 Å². The Morgan fingerprint density at radius 2 is 1.77 bits per heavy atom. The highest BCUT2D eigenvalue weighted by atomic mass is 16.3. The summed E-state index contributed by atoms with van der Waals surface area (Å²) in [5.74, 6) is 0. The number of aliphatic hydroxyl groups excluding tert-OH is 1. The van der Waals surface area contributed by atoms with Gasteiger partial charge in [-0.3, -0.25) is 4.98 Å². The molecule has 0 fully saturated rings. The Bertz CT molecular complexity index is 783. The fourth-order valence-corrected chi connectivity index (χ4v) is 2.41. The molecule has 22 heavy (non-hydrogen) atoms. The summed E-state index contributed by atoms with van der Waals surface area (Å²) in [5, 5.41) is 9.09. The summed E-state index contributed by atoms with van der Waals surface area (Å²) >= 11 is 0. The highest BCUT2D eigenvalue weighted by molar-refractivity contribution is 5.77. The lowest BCUT2D eigenvalue weighted by molar-refractivity contribution is 0.277. The molecular weight excluding hydrogens is 274 g/mol. The van der Waals surface area contributed by atoms with E-state index in [1.54, 1.807) is 12.3 Å². The Morgan fingerprint density at radius 3 is 2.41 bits per heavy atom. The van der Waals surface area contributed by atoms with Crippen LogP contribution in [0.5, 0.6) is 0 Å². The molecule has 3 rings (SSSR count). The van der Waals surface area contributed by atoms with Gasteiger partial charge in [0.05, 0.1) is 29.4 Å². The summed E-state index contributed by atoms with van der Waals surface area (Å²) in [6.45, 7) is 1.91. The number of hydrogen-bond acceptors (Lipinski definition) is 4. The van der Waals surface area contributed by atoms with Crippen molar-refractivity contribution in [2.24, 2.45) is 0 Å². The molecule has 4 heteroatoms. The van der Waals surface area contributed by atoms with E-state index in [9.17, 15) is 0 Å². The summed E-state index contributed by atoms with van der Waals surface area (Å²) < 4.78 is 0. The molecule has 3 aromatic rings.